The normalized spacial score (nSPS) is 15.4. The number of rotatable bonds is 6. The molecule has 0 fully saturated rings. The van der Waals surface area contributed by atoms with Gasteiger partial charge in [0, 0.05) is 23.4 Å². The van der Waals surface area contributed by atoms with Crippen LogP contribution >= 0.6 is 22.9 Å². The van der Waals surface area contributed by atoms with Gasteiger partial charge in [-0.05, 0) is 18.2 Å². The van der Waals surface area contributed by atoms with Crippen molar-refractivity contribution in [3.63, 3.8) is 0 Å². The summed E-state index contributed by atoms with van der Waals surface area (Å²) in [7, 11) is 1.51. The number of halogens is 1. The van der Waals surface area contributed by atoms with Crippen LogP contribution in [0.4, 0.5) is 10.8 Å². The number of carbonyl (C=O) groups excluding carboxylic acids is 3. The maximum atomic E-state index is 12.2. The van der Waals surface area contributed by atoms with Crippen molar-refractivity contribution in [3.8, 4) is 5.75 Å². The van der Waals surface area contributed by atoms with Gasteiger partial charge in [0.25, 0.3) is 5.91 Å². The van der Waals surface area contributed by atoms with Gasteiger partial charge in [-0.3, -0.25) is 14.4 Å². The van der Waals surface area contributed by atoms with Gasteiger partial charge in [-0.1, -0.05) is 17.7 Å². The summed E-state index contributed by atoms with van der Waals surface area (Å²) >= 11 is 7.24. The number of thiazole rings is 1. The molecule has 10 heteroatoms. The van der Waals surface area contributed by atoms with Gasteiger partial charge in [-0.25, -0.2) is 9.98 Å². The van der Waals surface area contributed by atoms with Crippen LogP contribution in [0.1, 0.15) is 5.69 Å². The number of ether oxygens (including phenoxy) is 1. The van der Waals surface area contributed by atoms with Crippen LogP contribution in [0.3, 0.4) is 0 Å². The molecule has 1 aromatic carbocycles. The molecule has 2 aromatic rings. The summed E-state index contributed by atoms with van der Waals surface area (Å²) in [5.41, 5.74) is 1.05. The van der Waals surface area contributed by atoms with Crippen LogP contribution < -0.4 is 15.4 Å². The number of dihydropyridines is 1. The fourth-order valence-electron chi connectivity index (χ4n) is 2.34. The molecule has 8 nitrogen and oxygen atoms in total. The highest BCUT2D eigenvalue weighted by Crippen LogP contribution is 2.27. The van der Waals surface area contributed by atoms with Crippen molar-refractivity contribution in [1.82, 2.24) is 4.98 Å². The first kappa shape index (κ1) is 19.7. The summed E-state index contributed by atoms with van der Waals surface area (Å²) < 4.78 is 5.07. The second-order valence-electron chi connectivity index (χ2n) is 5.71. The molecule has 1 atom stereocenters. The van der Waals surface area contributed by atoms with Crippen LogP contribution in [0.25, 0.3) is 0 Å². The zero-order valence-corrected chi connectivity index (χ0v) is 16.2. The van der Waals surface area contributed by atoms with Gasteiger partial charge in [0.15, 0.2) is 5.13 Å². The highest BCUT2D eigenvalue weighted by atomic mass is 35.5. The number of aliphatic imine (C=N–C) groups is 1. The fraction of sp³-hybridized carbons (Fsp3) is 0.167. The quantitative estimate of drug-likeness (QED) is 0.749. The predicted octanol–water partition coefficient (Wildman–Crippen LogP) is 2.71. The van der Waals surface area contributed by atoms with Crippen molar-refractivity contribution in [3.05, 3.63) is 46.4 Å². The van der Waals surface area contributed by atoms with E-state index >= 15 is 0 Å². The average Bonchev–Trinajstić information content (AvgIpc) is 3.09. The third-order valence-corrected chi connectivity index (χ3v) is 4.77. The van der Waals surface area contributed by atoms with Crippen molar-refractivity contribution in [2.45, 2.75) is 6.42 Å². The lowest BCUT2D eigenvalue weighted by Gasteiger charge is -2.08. The standard InChI is InChI=1S/C18H15ClN4O4S/c1-27-14-4-3-11(6-13(14)19)21-16(25)7-12-9-28-18(22-12)23-17(26)10-2-5-15(24)20-8-10/h2-6,8-10H,7H2,1H3,(H,21,25)(H,22,23,26). The number of carbonyl (C=O) groups is 3. The molecular weight excluding hydrogens is 404 g/mol. The smallest absolute Gasteiger partial charge is 0.269 e. The molecule has 0 radical (unpaired) electrons. The van der Waals surface area contributed by atoms with E-state index in [-0.39, 0.29) is 18.2 Å². The molecule has 3 amide bonds. The molecule has 3 rings (SSSR count). The molecule has 0 saturated heterocycles. The second kappa shape index (κ2) is 8.77. The Hall–Kier alpha value is -3.04. The molecule has 0 bridgehead atoms. The molecule has 0 aliphatic carbocycles. The molecule has 1 unspecified atom stereocenters. The Labute approximate surface area is 169 Å². The fourth-order valence-corrected chi connectivity index (χ4v) is 3.31. The van der Waals surface area contributed by atoms with E-state index in [0.29, 0.717) is 27.3 Å². The molecule has 28 heavy (non-hydrogen) atoms. The molecule has 144 valence electrons. The molecule has 0 spiro atoms. The maximum absolute atomic E-state index is 12.2. The molecule has 2 heterocycles. The summed E-state index contributed by atoms with van der Waals surface area (Å²) in [5, 5.41) is 7.80. The van der Waals surface area contributed by atoms with E-state index in [0.717, 1.165) is 0 Å². The number of amides is 3. The van der Waals surface area contributed by atoms with E-state index in [4.69, 9.17) is 16.3 Å². The minimum absolute atomic E-state index is 0.0370. The number of nitrogens with zero attached hydrogens (tertiary/aromatic N) is 2. The molecular formula is C18H15ClN4O4S. The van der Waals surface area contributed by atoms with E-state index in [2.05, 4.69) is 20.6 Å². The summed E-state index contributed by atoms with van der Waals surface area (Å²) in [4.78, 5) is 43.1. The SMILES string of the molecule is COc1ccc(NC(=O)Cc2csc(NC(=O)C3C=CC(=O)N=C3)n2)cc1Cl. The number of benzene rings is 1. The predicted molar refractivity (Wildman–Crippen MR) is 107 cm³/mol. The first-order chi connectivity index (χ1) is 13.4. The Bertz CT molecular complexity index is 970. The third kappa shape index (κ3) is 5.02. The van der Waals surface area contributed by atoms with Gasteiger partial charge in [-0.2, -0.15) is 0 Å². The minimum atomic E-state index is -0.631. The van der Waals surface area contributed by atoms with Crippen molar-refractivity contribution in [1.29, 1.82) is 0 Å². The largest absolute Gasteiger partial charge is 0.495 e. The Morgan fingerprint density at radius 1 is 1.32 bits per heavy atom. The van der Waals surface area contributed by atoms with Gasteiger partial charge in [0.2, 0.25) is 11.8 Å². The van der Waals surface area contributed by atoms with Gasteiger partial charge in [0.05, 0.1) is 30.2 Å². The van der Waals surface area contributed by atoms with Gasteiger partial charge in [-0.15, -0.1) is 11.3 Å². The van der Waals surface area contributed by atoms with Gasteiger partial charge >= 0.3 is 0 Å². The lowest BCUT2D eigenvalue weighted by Crippen LogP contribution is -2.24. The Kier molecular flexibility index (Phi) is 6.17. The number of methoxy groups -OCH3 is 1. The van der Waals surface area contributed by atoms with Crippen molar-refractivity contribution >= 4 is 57.7 Å². The van der Waals surface area contributed by atoms with Crippen molar-refractivity contribution < 1.29 is 19.1 Å². The Balaban J connectivity index is 1.55. The van der Waals surface area contributed by atoms with Gasteiger partial charge in [0.1, 0.15) is 5.75 Å². The van der Waals surface area contributed by atoms with Crippen molar-refractivity contribution in [2.24, 2.45) is 10.9 Å². The van der Waals surface area contributed by atoms with Crippen LogP contribution in [-0.2, 0) is 20.8 Å². The number of aromatic nitrogens is 1. The van der Waals surface area contributed by atoms with Crippen LogP contribution in [0.5, 0.6) is 5.75 Å². The van der Waals surface area contributed by atoms with E-state index in [1.54, 1.807) is 23.6 Å². The number of hydrogen-bond donors (Lipinski definition) is 2. The number of anilines is 2. The van der Waals surface area contributed by atoms with Crippen LogP contribution in [-0.4, -0.2) is 36.0 Å². The lowest BCUT2D eigenvalue weighted by molar-refractivity contribution is -0.117. The number of hydrogen-bond acceptors (Lipinski definition) is 6. The van der Waals surface area contributed by atoms with E-state index in [9.17, 15) is 14.4 Å². The van der Waals surface area contributed by atoms with Gasteiger partial charge < -0.3 is 15.4 Å². The molecule has 1 aromatic heterocycles. The Morgan fingerprint density at radius 2 is 2.14 bits per heavy atom. The highest BCUT2D eigenvalue weighted by Gasteiger charge is 2.18. The number of nitrogens with one attached hydrogen (secondary N) is 2. The highest BCUT2D eigenvalue weighted by molar-refractivity contribution is 7.14. The minimum Gasteiger partial charge on any atom is -0.495 e. The zero-order valence-electron chi connectivity index (χ0n) is 14.6. The maximum Gasteiger partial charge on any atom is 0.269 e. The molecule has 0 saturated carbocycles. The molecule has 2 N–H and O–H groups in total. The third-order valence-electron chi connectivity index (χ3n) is 3.67. The summed E-state index contributed by atoms with van der Waals surface area (Å²) in [6, 6.07) is 4.93. The Morgan fingerprint density at radius 3 is 2.82 bits per heavy atom. The lowest BCUT2D eigenvalue weighted by atomic mass is 10.1. The summed E-state index contributed by atoms with van der Waals surface area (Å²) in [6.45, 7) is 0. The first-order valence-electron chi connectivity index (χ1n) is 8.09. The average molecular weight is 419 g/mol. The van der Waals surface area contributed by atoms with Crippen molar-refractivity contribution in [2.75, 3.05) is 17.7 Å². The van der Waals surface area contributed by atoms with Crippen LogP contribution in [0.15, 0.2) is 40.7 Å². The molecule has 1 aliphatic rings. The monoisotopic (exact) mass is 418 g/mol. The zero-order chi connectivity index (χ0) is 20.1. The summed E-state index contributed by atoms with van der Waals surface area (Å²) in [6.07, 6.45) is 4.02. The second-order valence-corrected chi connectivity index (χ2v) is 6.97. The van der Waals surface area contributed by atoms with Crippen LogP contribution in [0, 0.1) is 5.92 Å². The first-order valence-corrected chi connectivity index (χ1v) is 9.35. The van der Waals surface area contributed by atoms with Crippen LogP contribution in [0.2, 0.25) is 5.02 Å². The van der Waals surface area contributed by atoms with E-state index in [1.807, 2.05) is 0 Å². The van der Waals surface area contributed by atoms with E-state index < -0.39 is 11.8 Å². The molecule has 1 aliphatic heterocycles. The topological polar surface area (TPSA) is 110 Å². The van der Waals surface area contributed by atoms with E-state index in [1.165, 1.54) is 36.8 Å². The summed E-state index contributed by atoms with van der Waals surface area (Å²) in [5.74, 6) is -1.14.